The van der Waals surface area contributed by atoms with Gasteiger partial charge < -0.3 is 9.88 Å². The summed E-state index contributed by atoms with van der Waals surface area (Å²) < 4.78 is 2.02. The first-order valence-corrected chi connectivity index (χ1v) is 7.20. The lowest BCUT2D eigenvalue weighted by Gasteiger charge is -2.25. The predicted molar refractivity (Wildman–Crippen MR) is 77.2 cm³/mol. The summed E-state index contributed by atoms with van der Waals surface area (Å²) in [6.45, 7) is 2.12. The molecule has 0 radical (unpaired) electrons. The average molecular weight is 255 g/mol. The molecule has 1 heterocycles. The third-order valence-electron chi connectivity index (χ3n) is 4.02. The molecule has 100 valence electrons. The lowest BCUT2D eigenvalue weighted by atomic mass is 9.83. The average Bonchev–Trinajstić information content (AvgIpc) is 2.91. The molecule has 1 aromatic carbocycles. The SMILES string of the molecule is c1cn(-c2ccc(CNCCC3CCC3)cc2)cn1. The van der Waals surface area contributed by atoms with Crippen molar-refractivity contribution in [3.8, 4) is 5.69 Å². The normalized spacial score (nSPS) is 15.4. The highest BCUT2D eigenvalue weighted by Gasteiger charge is 2.15. The first-order chi connectivity index (χ1) is 9.42. The highest BCUT2D eigenvalue weighted by molar-refractivity contribution is 5.34. The molecule has 3 heteroatoms. The zero-order valence-electron chi connectivity index (χ0n) is 11.3. The van der Waals surface area contributed by atoms with Crippen molar-refractivity contribution in [3.63, 3.8) is 0 Å². The van der Waals surface area contributed by atoms with Crippen molar-refractivity contribution >= 4 is 0 Å². The van der Waals surface area contributed by atoms with Crippen molar-refractivity contribution in [2.45, 2.75) is 32.2 Å². The van der Waals surface area contributed by atoms with Crippen molar-refractivity contribution in [2.75, 3.05) is 6.54 Å². The zero-order chi connectivity index (χ0) is 12.9. The molecule has 1 saturated carbocycles. The number of hydrogen-bond donors (Lipinski definition) is 1. The summed E-state index contributed by atoms with van der Waals surface area (Å²) in [7, 11) is 0. The van der Waals surface area contributed by atoms with Gasteiger partial charge in [0.25, 0.3) is 0 Å². The molecule has 1 aromatic heterocycles. The zero-order valence-corrected chi connectivity index (χ0v) is 11.3. The van der Waals surface area contributed by atoms with Crippen LogP contribution in [0.2, 0.25) is 0 Å². The minimum atomic E-state index is 0.969. The van der Waals surface area contributed by atoms with Gasteiger partial charge in [0.15, 0.2) is 0 Å². The van der Waals surface area contributed by atoms with Crippen LogP contribution >= 0.6 is 0 Å². The second kappa shape index (κ2) is 6.02. The quantitative estimate of drug-likeness (QED) is 0.804. The maximum Gasteiger partial charge on any atom is 0.0991 e. The Labute approximate surface area is 114 Å². The van der Waals surface area contributed by atoms with Crippen LogP contribution in [-0.4, -0.2) is 16.1 Å². The maximum atomic E-state index is 4.06. The van der Waals surface area contributed by atoms with E-state index in [2.05, 4.69) is 34.6 Å². The van der Waals surface area contributed by atoms with E-state index in [1.165, 1.54) is 31.2 Å². The summed E-state index contributed by atoms with van der Waals surface area (Å²) in [5.41, 5.74) is 2.51. The van der Waals surface area contributed by atoms with Gasteiger partial charge in [-0.1, -0.05) is 31.4 Å². The highest BCUT2D eigenvalue weighted by Crippen LogP contribution is 2.28. The summed E-state index contributed by atoms with van der Waals surface area (Å²) in [5, 5.41) is 3.54. The molecule has 2 aromatic rings. The Kier molecular flexibility index (Phi) is 3.94. The van der Waals surface area contributed by atoms with E-state index in [-0.39, 0.29) is 0 Å². The predicted octanol–water partition coefficient (Wildman–Crippen LogP) is 3.15. The lowest BCUT2D eigenvalue weighted by Crippen LogP contribution is -2.21. The first kappa shape index (κ1) is 12.4. The fourth-order valence-corrected chi connectivity index (χ4v) is 2.52. The molecule has 0 bridgehead atoms. The van der Waals surface area contributed by atoms with E-state index in [4.69, 9.17) is 0 Å². The number of hydrogen-bond acceptors (Lipinski definition) is 2. The summed E-state index contributed by atoms with van der Waals surface area (Å²) in [6, 6.07) is 8.66. The molecule has 1 aliphatic rings. The minimum absolute atomic E-state index is 0.969. The molecular weight excluding hydrogens is 234 g/mol. The number of imidazole rings is 1. The van der Waals surface area contributed by atoms with Crippen LogP contribution in [0.3, 0.4) is 0 Å². The maximum absolute atomic E-state index is 4.06. The fraction of sp³-hybridized carbons (Fsp3) is 0.438. The fourth-order valence-electron chi connectivity index (χ4n) is 2.52. The Morgan fingerprint density at radius 2 is 2.05 bits per heavy atom. The summed E-state index contributed by atoms with van der Waals surface area (Å²) >= 11 is 0. The molecule has 3 nitrogen and oxygen atoms in total. The molecule has 3 rings (SSSR count). The van der Waals surface area contributed by atoms with Crippen LogP contribution in [0.15, 0.2) is 43.0 Å². The van der Waals surface area contributed by atoms with Gasteiger partial charge in [-0.3, -0.25) is 0 Å². The molecule has 1 aliphatic carbocycles. The molecule has 19 heavy (non-hydrogen) atoms. The van der Waals surface area contributed by atoms with Gasteiger partial charge in [0, 0.05) is 24.6 Å². The van der Waals surface area contributed by atoms with Gasteiger partial charge in [-0.25, -0.2) is 4.98 Å². The van der Waals surface area contributed by atoms with Gasteiger partial charge in [0.05, 0.1) is 6.33 Å². The number of rotatable bonds is 6. The van der Waals surface area contributed by atoms with Crippen LogP contribution in [0, 0.1) is 5.92 Å². The van der Waals surface area contributed by atoms with Crippen molar-refractivity contribution in [2.24, 2.45) is 5.92 Å². The standard InChI is InChI=1S/C16H21N3/c1-2-14(3-1)8-9-17-12-15-4-6-16(7-5-15)19-11-10-18-13-19/h4-7,10-11,13-14,17H,1-3,8-9,12H2. The van der Waals surface area contributed by atoms with Crippen molar-refractivity contribution in [1.29, 1.82) is 0 Å². The van der Waals surface area contributed by atoms with E-state index >= 15 is 0 Å². The Hall–Kier alpha value is -1.61. The van der Waals surface area contributed by atoms with Crippen molar-refractivity contribution in [3.05, 3.63) is 48.5 Å². The van der Waals surface area contributed by atoms with E-state index in [0.29, 0.717) is 0 Å². The number of nitrogens with one attached hydrogen (secondary N) is 1. The van der Waals surface area contributed by atoms with E-state index < -0.39 is 0 Å². The van der Waals surface area contributed by atoms with E-state index in [0.717, 1.165) is 24.7 Å². The smallest absolute Gasteiger partial charge is 0.0991 e. The Morgan fingerprint density at radius 3 is 2.68 bits per heavy atom. The molecule has 0 aliphatic heterocycles. The highest BCUT2D eigenvalue weighted by atomic mass is 15.0. The van der Waals surface area contributed by atoms with Crippen LogP contribution in [-0.2, 0) is 6.54 Å². The van der Waals surface area contributed by atoms with Crippen LogP contribution in [0.1, 0.15) is 31.2 Å². The Bertz CT molecular complexity index is 483. The summed E-state index contributed by atoms with van der Waals surface area (Å²) in [4.78, 5) is 4.06. The van der Waals surface area contributed by atoms with Gasteiger partial charge in [0.1, 0.15) is 0 Å². The number of aromatic nitrogens is 2. The van der Waals surface area contributed by atoms with E-state index in [1.807, 2.05) is 17.1 Å². The van der Waals surface area contributed by atoms with Crippen LogP contribution < -0.4 is 5.32 Å². The Balaban J connectivity index is 1.46. The molecular formula is C16H21N3. The summed E-state index contributed by atoms with van der Waals surface area (Å²) in [5.74, 6) is 0.996. The summed E-state index contributed by atoms with van der Waals surface area (Å²) in [6.07, 6.45) is 11.3. The minimum Gasteiger partial charge on any atom is -0.313 e. The molecule has 0 spiro atoms. The van der Waals surface area contributed by atoms with Crippen LogP contribution in [0.25, 0.3) is 5.69 Å². The molecule has 0 amide bonds. The molecule has 1 N–H and O–H groups in total. The third kappa shape index (κ3) is 3.24. The largest absolute Gasteiger partial charge is 0.313 e. The second-order valence-corrected chi connectivity index (χ2v) is 5.40. The van der Waals surface area contributed by atoms with Crippen molar-refractivity contribution in [1.82, 2.24) is 14.9 Å². The topological polar surface area (TPSA) is 29.9 Å². The number of nitrogens with zero attached hydrogens (tertiary/aromatic N) is 2. The van der Waals surface area contributed by atoms with Gasteiger partial charge in [-0.15, -0.1) is 0 Å². The first-order valence-electron chi connectivity index (χ1n) is 7.20. The third-order valence-corrected chi connectivity index (χ3v) is 4.02. The van der Waals surface area contributed by atoms with Gasteiger partial charge >= 0.3 is 0 Å². The molecule has 0 unspecified atom stereocenters. The van der Waals surface area contributed by atoms with Gasteiger partial charge in [0.2, 0.25) is 0 Å². The van der Waals surface area contributed by atoms with Crippen LogP contribution in [0.4, 0.5) is 0 Å². The van der Waals surface area contributed by atoms with Crippen LogP contribution in [0.5, 0.6) is 0 Å². The molecule has 1 fully saturated rings. The second-order valence-electron chi connectivity index (χ2n) is 5.40. The monoisotopic (exact) mass is 255 g/mol. The Morgan fingerprint density at radius 1 is 1.21 bits per heavy atom. The lowest BCUT2D eigenvalue weighted by molar-refractivity contribution is 0.292. The molecule has 0 atom stereocenters. The number of benzene rings is 1. The van der Waals surface area contributed by atoms with Crippen molar-refractivity contribution < 1.29 is 0 Å². The van der Waals surface area contributed by atoms with Gasteiger partial charge in [-0.05, 0) is 36.6 Å². The van der Waals surface area contributed by atoms with E-state index in [9.17, 15) is 0 Å². The van der Waals surface area contributed by atoms with E-state index in [1.54, 1.807) is 6.20 Å². The van der Waals surface area contributed by atoms with Gasteiger partial charge in [-0.2, -0.15) is 0 Å². The molecule has 0 saturated heterocycles.